The van der Waals surface area contributed by atoms with E-state index in [0.717, 1.165) is 0 Å². The molecule has 1 aromatic carbocycles. The first kappa shape index (κ1) is 14.7. The van der Waals surface area contributed by atoms with Gasteiger partial charge in [0.2, 0.25) is 0 Å². The van der Waals surface area contributed by atoms with Gasteiger partial charge >= 0.3 is 6.03 Å². The van der Waals surface area contributed by atoms with Gasteiger partial charge in [-0.15, -0.1) is 0 Å². The summed E-state index contributed by atoms with van der Waals surface area (Å²) in [5.41, 5.74) is 6.40. The fourth-order valence-corrected chi connectivity index (χ4v) is 1.76. The predicted octanol–water partition coefficient (Wildman–Crippen LogP) is 1.81. The fourth-order valence-electron chi connectivity index (χ4n) is 1.63. The molecule has 2 amide bonds. The molecule has 9 heteroatoms. The molecule has 0 unspecified atom stereocenters. The van der Waals surface area contributed by atoms with Crippen LogP contribution in [0.4, 0.5) is 16.3 Å². The first-order chi connectivity index (χ1) is 10.0. The maximum absolute atomic E-state index is 11.9. The lowest BCUT2D eigenvalue weighted by Crippen LogP contribution is -2.23. The van der Waals surface area contributed by atoms with Crippen LogP contribution in [-0.4, -0.2) is 26.9 Å². The number of carbonyl (C=O) groups excluding carboxylic acids is 1. The number of aromatic nitrogens is 2. The number of hydrogen-bond acceptors (Lipinski definition) is 4. The van der Waals surface area contributed by atoms with Crippen molar-refractivity contribution in [3.05, 3.63) is 41.0 Å². The van der Waals surface area contributed by atoms with Crippen molar-refractivity contribution in [2.24, 2.45) is 17.9 Å². The number of carbonyl (C=O) groups is 1. The van der Waals surface area contributed by atoms with Gasteiger partial charge in [-0.25, -0.2) is 4.79 Å². The molecule has 0 aliphatic heterocycles. The number of hydrogen-bond donors (Lipinski definition) is 4. The number of rotatable bonds is 3. The molecule has 2 rings (SSSR count). The molecule has 21 heavy (non-hydrogen) atoms. The third kappa shape index (κ3) is 3.42. The second-order valence-corrected chi connectivity index (χ2v) is 4.54. The lowest BCUT2D eigenvalue weighted by Gasteiger charge is -2.09. The highest BCUT2D eigenvalue weighted by Crippen LogP contribution is 2.16. The van der Waals surface area contributed by atoms with Gasteiger partial charge in [0, 0.05) is 17.8 Å². The van der Waals surface area contributed by atoms with Gasteiger partial charge in [-0.3, -0.25) is 10.00 Å². The Labute approximate surface area is 125 Å². The summed E-state index contributed by atoms with van der Waals surface area (Å²) < 4.78 is 1.40. The van der Waals surface area contributed by atoms with Crippen molar-refractivity contribution in [3.63, 3.8) is 0 Å². The molecule has 1 heterocycles. The number of halogens is 1. The normalized spacial score (nSPS) is 11.2. The minimum atomic E-state index is -0.493. The molecular weight excluding hydrogens is 296 g/mol. The van der Waals surface area contributed by atoms with Gasteiger partial charge in [0.05, 0.1) is 11.8 Å². The van der Waals surface area contributed by atoms with Gasteiger partial charge in [-0.1, -0.05) is 16.8 Å². The number of benzene rings is 1. The molecule has 0 radical (unpaired) electrons. The van der Waals surface area contributed by atoms with Crippen LogP contribution >= 0.6 is 11.6 Å². The molecule has 0 spiro atoms. The summed E-state index contributed by atoms with van der Waals surface area (Å²) in [6.45, 7) is 0. The Morgan fingerprint density at radius 1 is 1.38 bits per heavy atom. The molecule has 0 bridgehead atoms. The minimum Gasteiger partial charge on any atom is -0.409 e. The number of oxime groups is 1. The Kier molecular flexibility index (Phi) is 4.29. The zero-order valence-electron chi connectivity index (χ0n) is 11.0. The van der Waals surface area contributed by atoms with Gasteiger partial charge in [0.15, 0.2) is 5.84 Å². The predicted molar refractivity (Wildman–Crippen MR) is 79.8 cm³/mol. The first-order valence-corrected chi connectivity index (χ1v) is 6.22. The van der Waals surface area contributed by atoms with Gasteiger partial charge in [-0.2, -0.15) is 5.10 Å². The molecule has 5 N–H and O–H groups in total. The first-order valence-electron chi connectivity index (χ1n) is 5.84. The third-order valence-electron chi connectivity index (χ3n) is 2.66. The Bertz CT molecular complexity index is 680. The van der Waals surface area contributed by atoms with Crippen LogP contribution in [0.5, 0.6) is 0 Å². The molecule has 0 aliphatic rings. The van der Waals surface area contributed by atoms with Crippen molar-refractivity contribution < 1.29 is 10.0 Å². The van der Waals surface area contributed by atoms with Gasteiger partial charge in [-0.05, 0) is 24.3 Å². The van der Waals surface area contributed by atoms with E-state index in [9.17, 15) is 4.79 Å². The summed E-state index contributed by atoms with van der Waals surface area (Å²) in [4.78, 5) is 11.9. The molecule has 1 aromatic heterocycles. The summed E-state index contributed by atoms with van der Waals surface area (Å²) in [7, 11) is 1.62. The van der Waals surface area contributed by atoms with Crippen LogP contribution in [0, 0.1) is 0 Å². The van der Waals surface area contributed by atoms with Crippen LogP contribution in [0.15, 0.2) is 35.6 Å². The largest absolute Gasteiger partial charge is 0.409 e. The highest BCUT2D eigenvalue weighted by molar-refractivity contribution is 6.30. The van der Waals surface area contributed by atoms with E-state index in [-0.39, 0.29) is 5.84 Å². The number of amides is 2. The molecule has 0 aliphatic carbocycles. The minimum absolute atomic E-state index is 0.148. The monoisotopic (exact) mass is 308 g/mol. The Balaban J connectivity index is 2.13. The van der Waals surface area contributed by atoms with Crippen molar-refractivity contribution in [2.75, 3.05) is 10.6 Å². The highest BCUT2D eigenvalue weighted by atomic mass is 35.5. The van der Waals surface area contributed by atoms with Crippen LogP contribution in [-0.2, 0) is 7.05 Å². The van der Waals surface area contributed by atoms with E-state index in [1.165, 1.54) is 10.9 Å². The standard InChI is InChI=1S/C12H13ClN6O2/c1-19-11(9(6-15-19)10(14)18-21)17-12(20)16-8-4-2-7(13)3-5-8/h2-6,21H,1H3,(H2,14,18)(H2,16,17,20). The Hall–Kier alpha value is -2.74. The second kappa shape index (κ2) is 6.14. The van der Waals surface area contributed by atoms with Crippen molar-refractivity contribution in [2.45, 2.75) is 0 Å². The number of anilines is 2. The number of urea groups is 1. The van der Waals surface area contributed by atoms with E-state index >= 15 is 0 Å². The SMILES string of the molecule is Cn1ncc(C(N)=NO)c1NC(=O)Nc1ccc(Cl)cc1. The molecule has 0 atom stereocenters. The van der Waals surface area contributed by atoms with Crippen LogP contribution in [0.2, 0.25) is 5.02 Å². The Morgan fingerprint density at radius 2 is 2.05 bits per heavy atom. The summed E-state index contributed by atoms with van der Waals surface area (Å²) >= 11 is 5.77. The zero-order chi connectivity index (χ0) is 15.4. The van der Waals surface area contributed by atoms with Gasteiger partial charge in [0.1, 0.15) is 5.82 Å². The van der Waals surface area contributed by atoms with Gasteiger partial charge in [0.25, 0.3) is 0 Å². The number of nitrogens with zero attached hydrogens (tertiary/aromatic N) is 3. The molecule has 2 aromatic rings. The topological polar surface area (TPSA) is 118 Å². The number of amidine groups is 1. The smallest absolute Gasteiger partial charge is 0.324 e. The molecule has 0 saturated carbocycles. The van der Waals surface area contributed by atoms with Crippen LogP contribution in [0.3, 0.4) is 0 Å². The molecule has 0 saturated heterocycles. The zero-order valence-corrected chi connectivity index (χ0v) is 11.8. The van der Waals surface area contributed by atoms with E-state index in [4.69, 9.17) is 22.5 Å². The Morgan fingerprint density at radius 3 is 2.67 bits per heavy atom. The maximum Gasteiger partial charge on any atom is 0.324 e. The quantitative estimate of drug-likeness (QED) is 0.299. The lowest BCUT2D eigenvalue weighted by atomic mass is 10.3. The van der Waals surface area contributed by atoms with E-state index in [0.29, 0.717) is 22.1 Å². The van der Waals surface area contributed by atoms with Gasteiger partial charge < -0.3 is 16.3 Å². The van der Waals surface area contributed by atoms with Crippen LogP contribution in [0.1, 0.15) is 5.56 Å². The van der Waals surface area contributed by atoms with Crippen molar-refractivity contribution in [3.8, 4) is 0 Å². The molecule has 8 nitrogen and oxygen atoms in total. The number of nitrogens with one attached hydrogen (secondary N) is 2. The summed E-state index contributed by atoms with van der Waals surface area (Å²) in [6, 6.07) is 6.14. The van der Waals surface area contributed by atoms with E-state index < -0.39 is 6.03 Å². The maximum atomic E-state index is 11.9. The summed E-state index contributed by atoms with van der Waals surface area (Å²) in [5.74, 6) is 0.154. The average molecular weight is 309 g/mol. The van der Waals surface area contributed by atoms with Crippen LogP contribution in [0.25, 0.3) is 0 Å². The molecular formula is C12H13ClN6O2. The van der Waals surface area contributed by atoms with Crippen molar-refractivity contribution >= 4 is 35.0 Å². The van der Waals surface area contributed by atoms with Crippen molar-refractivity contribution in [1.82, 2.24) is 9.78 Å². The second-order valence-electron chi connectivity index (χ2n) is 4.10. The highest BCUT2D eigenvalue weighted by Gasteiger charge is 2.15. The average Bonchev–Trinajstić information content (AvgIpc) is 2.82. The van der Waals surface area contributed by atoms with E-state index in [2.05, 4.69) is 20.9 Å². The van der Waals surface area contributed by atoms with Crippen LogP contribution < -0.4 is 16.4 Å². The summed E-state index contributed by atoms with van der Waals surface area (Å²) in [6.07, 6.45) is 1.38. The number of nitrogens with two attached hydrogens (primary N) is 1. The van der Waals surface area contributed by atoms with Crippen molar-refractivity contribution in [1.29, 1.82) is 0 Å². The fraction of sp³-hybridized carbons (Fsp3) is 0.0833. The molecule has 110 valence electrons. The third-order valence-corrected chi connectivity index (χ3v) is 2.91. The van der Waals surface area contributed by atoms with E-state index in [1.54, 1.807) is 31.3 Å². The summed E-state index contributed by atoms with van der Waals surface area (Å²) in [5, 5.41) is 21.3. The lowest BCUT2D eigenvalue weighted by molar-refractivity contribution is 0.262. The molecule has 0 fully saturated rings. The van der Waals surface area contributed by atoms with E-state index in [1.807, 2.05) is 0 Å². The number of aryl methyl sites for hydroxylation is 1.